The van der Waals surface area contributed by atoms with Crippen molar-refractivity contribution in [2.24, 2.45) is 0 Å². The molecule has 4 rings (SSSR count). The van der Waals surface area contributed by atoms with Gasteiger partial charge < -0.3 is 5.32 Å². The monoisotopic (exact) mass is 306 g/mol. The molecule has 1 aromatic heterocycles. The van der Waals surface area contributed by atoms with Crippen molar-refractivity contribution < 1.29 is 4.79 Å². The smallest absolute Gasteiger partial charge is 0.231 e. The molecule has 2 heterocycles. The van der Waals surface area contributed by atoms with Crippen molar-refractivity contribution in [3.63, 3.8) is 0 Å². The topological polar surface area (TPSA) is 42.0 Å². The lowest BCUT2D eigenvalue weighted by molar-refractivity contribution is -0.116. The first kappa shape index (κ1) is 13.2. The maximum Gasteiger partial charge on any atom is 0.231 e. The number of carbonyl (C=O) groups is 1. The summed E-state index contributed by atoms with van der Waals surface area (Å²) >= 11 is 1.64. The number of carbonyl (C=O) groups excluding carboxylic acids is 1. The molecule has 1 amide bonds. The van der Waals surface area contributed by atoms with E-state index in [-0.39, 0.29) is 11.8 Å². The fourth-order valence-corrected chi connectivity index (χ4v) is 3.53. The van der Waals surface area contributed by atoms with Gasteiger partial charge in [-0.1, -0.05) is 36.4 Å². The van der Waals surface area contributed by atoms with Gasteiger partial charge in [0.05, 0.1) is 11.6 Å². The van der Waals surface area contributed by atoms with E-state index in [4.69, 9.17) is 4.98 Å². The predicted octanol–water partition coefficient (Wildman–Crippen LogP) is 4.53. The van der Waals surface area contributed by atoms with Crippen LogP contribution in [0.3, 0.4) is 0 Å². The molecule has 0 bridgehead atoms. The van der Waals surface area contributed by atoms with Crippen LogP contribution in [0.25, 0.3) is 21.8 Å². The lowest BCUT2D eigenvalue weighted by atomic mass is 9.99. The summed E-state index contributed by atoms with van der Waals surface area (Å²) < 4.78 is 0. The lowest BCUT2D eigenvalue weighted by Gasteiger charge is -2.04. The predicted molar refractivity (Wildman–Crippen MR) is 90.0 cm³/mol. The quantitative estimate of drug-likeness (QED) is 0.755. The van der Waals surface area contributed by atoms with Gasteiger partial charge in [-0.05, 0) is 24.6 Å². The molecule has 1 atom stereocenters. The van der Waals surface area contributed by atoms with Gasteiger partial charge in [-0.15, -0.1) is 11.3 Å². The van der Waals surface area contributed by atoms with Gasteiger partial charge >= 0.3 is 0 Å². The van der Waals surface area contributed by atoms with Crippen molar-refractivity contribution in [1.29, 1.82) is 0 Å². The molecule has 2 aromatic carbocycles. The van der Waals surface area contributed by atoms with E-state index >= 15 is 0 Å². The van der Waals surface area contributed by atoms with Gasteiger partial charge in [-0.25, -0.2) is 4.98 Å². The molecule has 0 radical (unpaired) electrons. The summed E-state index contributed by atoms with van der Waals surface area (Å²) in [6.07, 6.45) is 0. The van der Waals surface area contributed by atoms with Crippen molar-refractivity contribution in [3.8, 4) is 21.8 Å². The van der Waals surface area contributed by atoms with E-state index in [2.05, 4.69) is 28.9 Å². The van der Waals surface area contributed by atoms with Crippen molar-refractivity contribution >= 4 is 22.9 Å². The zero-order valence-electron chi connectivity index (χ0n) is 12.0. The molecule has 1 aliphatic rings. The van der Waals surface area contributed by atoms with E-state index in [1.54, 1.807) is 11.3 Å². The molecular formula is C18H14N2OS. The van der Waals surface area contributed by atoms with E-state index < -0.39 is 0 Å². The van der Waals surface area contributed by atoms with Gasteiger partial charge in [-0.2, -0.15) is 0 Å². The normalized spacial score (nSPS) is 16.4. The number of rotatable bonds is 2. The first-order valence-electron chi connectivity index (χ1n) is 7.18. The molecule has 0 aliphatic carbocycles. The minimum Gasteiger partial charge on any atom is -0.325 e. The standard InChI is InChI=1S/C18H14N2OS/c1-11-14-9-13(7-8-15(14)19-17(11)21)16-10-22-18(20-16)12-5-3-2-4-6-12/h2-11H,1H3,(H,19,21)/t11-/m0/s1. The number of anilines is 1. The fraction of sp³-hybridized carbons (Fsp3) is 0.111. The Morgan fingerprint density at radius 1 is 1.09 bits per heavy atom. The highest BCUT2D eigenvalue weighted by atomic mass is 32.1. The third-order valence-corrected chi connectivity index (χ3v) is 4.88. The van der Waals surface area contributed by atoms with Crippen LogP contribution in [0, 0.1) is 0 Å². The van der Waals surface area contributed by atoms with Gasteiger partial charge in [-0.3, -0.25) is 4.79 Å². The number of benzene rings is 2. The first-order chi connectivity index (χ1) is 10.7. The van der Waals surface area contributed by atoms with Gasteiger partial charge in [0.15, 0.2) is 0 Å². The Hall–Kier alpha value is -2.46. The summed E-state index contributed by atoms with van der Waals surface area (Å²) in [5, 5.41) is 5.98. The average Bonchev–Trinajstić information content (AvgIpc) is 3.14. The van der Waals surface area contributed by atoms with Crippen LogP contribution in [0.4, 0.5) is 5.69 Å². The molecule has 0 saturated heterocycles. The van der Waals surface area contributed by atoms with Crippen molar-refractivity contribution in [2.45, 2.75) is 12.8 Å². The Bertz CT molecular complexity index is 855. The van der Waals surface area contributed by atoms with Crippen LogP contribution in [-0.4, -0.2) is 10.9 Å². The van der Waals surface area contributed by atoms with Crippen molar-refractivity contribution in [3.05, 3.63) is 59.5 Å². The van der Waals surface area contributed by atoms with Gasteiger partial charge in [0.2, 0.25) is 5.91 Å². The number of nitrogens with zero attached hydrogens (tertiary/aromatic N) is 1. The summed E-state index contributed by atoms with van der Waals surface area (Å²) in [6, 6.07) is 16.2. The van der Waals surface area contributed by atoms with Crippen LogP contribution in [0.1, 0.15) is 18.4 Å². The second-order valence-electron chi connectivity index (χ2n) is 5.42. The van der Waals surface area contributed by atoms with Crippen LogP contribution in [0.15, 0.2) is 53.9 Å². The van der Waals surface area contributed by atoms with E-state index in [1.807, 2.05) is 37.3 Å². The Morgan fingerprint density at radius 2 is 1.91 bits per heavy atom. The first-order valence-corrected chi connectivity index (χ1v) is 8.06. The number of hydrogen-bond donors (Lipinski definition) is 1. The Morgan fingerprint density at radius 3 is 2.73 bits per heavy atom. The Balaban J connectivity index is 1.72. The molecular weight excluding hydrogens is 292 g/mol. The highest BCUT2D eigenvalue weighted by Gasteiger charge is 2.26. The maximum absolute atomic E-state index is 11.7. The minimum atomic E-state index is -0.0952. The molecule has 3 aromatic rings. The number of amides is 1. The van der Waals surface area contributed by atoms with Crippen molar-refractivity contribution in [1.82, 2.24) is 4.98 Å². The summed E-state index contributed by atoms with van der Waals surface area (Å²) in [5.74, 6) is -0.0300. The van der Waals surface area contributed by atoms with E-state index in [0.29, 0.717) is 0 Å². The van der Waals surface area contributed by atoms with E-state index in [9.17, 15) is 4.79 Å². The molecule has 1 N–H and O–H groups in total. The van der Waals surface area contributed by atoms with E-state index in [1.165, 1.54) is 0 Å². The number of aromatic nitrogens is 1. The molecule has 22 heavy (non-hydrogen) atoms. The summed E-state index contributed by atoms with van der Waals surface area (Å²) in [4.78, 5) is 16.5. The van der Waals surface area contributed by atoms with E-state index in [0.717, 1.165) is 33.1 Å². The molecule has 108 valence electrons. The van der Waals surface area contributed by atoms with Crippen LogP contribution < -0.4 is 5.32 Å². The molecule has 0 unspecified atom stereocenters. The molecule has 0 saturated carbocycles. The average molecular weight is 306 g/mol. The number of thiazole rings is 1. The van der Waals surface area contributed by atoms with Crippen LogP contribution in [0.5, 0.6) is 0 Å². The third kappa shape index (κ3) is 2.12. The fourth-order valence-electron chi connectivity index (χ4n) is 2.70. The lowest BCUT2D eigenvalue weighted by Crippen LogP contribution is -2.08. The van der Waals surface area contributed by atoms with Gasteiger partial charge in [0, 0.05) is 22.2 Å². The molecule has 3 nitrogen and oxygen atoms in total. The van der Waals surface area contributed by atoms with Crippen LogP contribution in [-0.2, 0) is 4.79 Å². The van der Waals surface area contributed by atoms with Crippen molar-refractivity contribution in [2.75, 3.05) is 5.32 Å². The minimum absolute atomic E-state index is 0.0652. The zero-order chi connectivity index (χ0) is 15.1. The van der Waals surface area contributed by atoms with Crippen LogP contribution >= 0.6 is 11.3 Å². The van der Waals surface area contributed by atoms with Gasteiger partial charge in [0.25, 0.3) is 0 Å². The molecule has 4 heteroatoms. The maximum atomic E-state index is 11.7. The highest BCUT2D eigenvalue weighted by Crippen LogP contribution is 2.36. The number of nitrogens with one attached hydrogen (secondary N) is 1. The SMILES string of the molecule is C[C@@H]1C(=O)Nc2ccc(-c3csc(-c4ccccc4)n3)cc21. The Kier molecular flexibility index (Phi) is 3.05. The molecule has 1 aliphatic heterocycles. The molecule has 0 fully saturated rings. The Labute approximate surface area is 132 Å². The highest BCUT2D eigenvalue weighted by molar-refractivity contribution is 7.13. The molecule has 0 spiro atoms. The van der Waals surface area contributed by atoms with Crippen LogP contribution in [0.2, 0.25) is 0 Å². The summed E-state index contributed by atoms with van der Waals surface area (Å²) in [6.45, 7) is 1.93. The largest absolute Gasteiger partial charge is 0.325 e. The van der Waals surface area contributed by atoms with Gasteiger partial charge in [0.1, 0.15) is 5.01 Å². The zero-order valence-corrected chi connectivity index (χ0v) is 12.9. The summed E-state index contributed by atoms with van der Waals surface area (Å²) in [5.41, 5.74) is 5.11. The summed E-state index contributed by atoms with van der Waals surface area (Å²) in [7, 11) is 0. The second kappa shape index (κ2) is 5.07. The number of fused-ring (bicyclic) bond motifs is 1. The third-order valence-electron chi connectivity index (χ3n) is 3.99. The number of hydrogen-bond acceptors (Lipinski definition) is 3. The second-order valence-corrected chi connectivity index (χ2v) is 6.27.